The zero-order valence-electron chi connectivity index (χ0n) is 6.39. The lowest BCUT2D eigenvalue weighted by molar-refractivity contribution is 1.48. The SMILES string of the molecule is CC=C/C=C\C(C)=C/C. The molecule has 0 aliphatic carbocycles. The first-order valence-corrected chi connectivity index (χ1v) is 3.23. The van der Waals surface area contributed by atoms with E-state index in [2.05, 4.69) is 19.1 Å². The third kappa shape index (κ3) is 5.09. The normalized spacial score (nSPS) is 13.9. The molecule has 0 amide bonds. The molecular weight excluding hydrogens is 108 g/mol. The third-order valence-corrected chi connectivity index (χ3v) is 1.12. The van der Waals surface area contributed by atoms with Gasteiger partial charge in [-0.25, -0.2) is 0 Å². The van der Waals surface area contributed by atoms with Gasteiger partial charge in [0, 0.05) is 0 Å². The summed E-state index contributed by atoms with van der Waals surface area (Å²) < 4.78 is 0. The molecule has 0 spiro atoms. The minimum Gasteiger partial charge on any atom is -0.0877 e. The van der Waals surface area contributed by atoms with Crippen molar-refractivity contribution in [3.63, 3.8) is 0 Å². The molecule has 0 saturated heterocycles. The number of hydrogen-bond donors (Lipinski definition) is 0. The number of allylic oxidation sites excluding steroid dienone is 6. The summed E-state index contributed by atoms with van der Waals surface area (Å²) in [6, 6.07) is 0. The van der Waals surface area contributed by atoms with E-state index in [1.807, 2.05) is 32.1 Å². The summed E-state index contributed by atoms with van der Waals surface area (Å²) in [6.45, 7) is 6.13. The van der Waals surface area contributed by atoms with Crippen molar-refractivity contribution in [2.45, 2.75) is 20.8 Å². The first-order valence-electron chi connectivity index (χ1n) is 3.23. The lowest BCUT2D eigenvalue weighted by atomic mass is 10.2. The topological polar surface area (TPSA) is 0 Å². The van der Waals surface area contributed by atoms with Crippen LogP contribution in [0, 0.1) is 0 Å². The molecule has 50 valence electrons. The van der Waals surface area contributed by atoms with Crippen molar-refractivity contribution in [2.24, 2.45) is 0 Å². The van der Waals surface area contributed by atoms with E-state index < -0.39 is 0 Å². The summed E-state index contributed by atoms with van der Waals surface area (Å²) in [5, 5.41) is 0. The second-order valence-corrected chi connectivity index (χ2v) is 1.92. The Kier molecular flexibility index (Phi) is 4.89. The van der Waals surface area contributed by atoms with E-state index in [0.717, 1.165) is 0 Å². The standard InChI is InChI=1S/C9H14/c1-4-6-7-8-9(3)5-2/h4-8H,1-3H3/b6-4?,8-7-,9-5-. The zero-order valence-corrected chi connectivity index (χ0v) is 6.39. The fourth-order valence-electron chi connectivity index (χ4n) is 0.415. The van der Waals surface area contributed by atoms with Crippen LogP contribution in [0.2, 0.25) is 0 Å². The summed E-state index contributed by atoms with van der Waals surface area (Å²) in [6.07, 6.45) is 10.2. The summed E-state index contributed by atoms with van der Waals surface area (Å²) in [5.74, 6) is 0. The van der Waals surface area contributed by atoms with Crippen molar-refractivity contribution in [1.82, 2.24) is 0 Å². The molecule has 0 aromatic heterocycles. The van der Waals surface area contributed by atoms with Gasteiger partial charge in [0.05, 0.1) is 0 Å². The van der Waals surface area contributed by atoms with Gasteiger partial charge in [-0.2, -0.15) is 0 Å². The van der Waals surface area contributed by atoms with Crippen molar-refractivity contribution in [3.05, 3.63) is 36.0 Å². The van der Waals surface area contributed by atoms with E-state index >= 15 is 0 Å². The van der Waals surface area contributed by atoms with Gasteiger partial charge in [-0.3, -0.25) is 0 Å². The van der Waals surface area contributed by atoms with E-state index in [-0.39, 0.29) is 0 Å². The average molecular weight is 122 g/mol. The third-order valence-electron chi connectivity index (χ3n) is 1.12. The monoisotopic (exact) mass is 122 g/mol. The van der Waals surface area contributed by atoms with Crippen LogP contribution in [0.3, 0.4) is 0 Å². The highest BCUT2D eigenvalue weighted by Crippen LogP contribution is 1.92. The summed E-state index contributed by atoms with van der Waals surface area (Å²) in [4.78, 5) is 0. The minimum atomic E-state index is 1.30. The highest BCUT2D eigenvalue weighted by Gasteiger charge is 1.71. The molecule has 0 nitrogen and oxygen atoms in total. The van der Waals surface area contributed by atoms with Crippen LogP contribution in [0.4, 0.5) is 0 Å². The lowest BCUT2D eigenvalue weighted by Crippen LogP contribution is -1.61. The highest BCUT2D eigenvalue weighted by atomic mass is 13.8. The van der Waals surface area contributed by atoms with Gasteiger partial charge in [-0.1, -0.05) is 36.0 Å². The molecule has 9 heavy (non-hydrogen) atoms. The van der Waals surface area contributed by atoms with Gasteiger partial charge >= 0.3 is 0 Å². The molecule has 0 heterocycles. The second-order valence-electron chi connectivity index (χ2n) is 1.92. The van der Waals surface area contributed by atoms with Crippen LogP contribution in [0.25, 0.3) is 0 Å². The summed E-state index contributed by atoms with van der Waals surface area (Å²) >= 11 is 0. The van der Waals surface area contributed by atoms with Gasteiger partial charge in [0.15, 0.2) is 0 Å². The Morgan fingerprint density at radius 1 is 1.11 bits per heavy atom. The van der Waals surface area contributed by atoms with Gasteiger partial charge in [-0.15, -0.1) is 0 Å². The van der Waals surface area contributed by atoms with Crippen molar-refractivity contribution in [2.75, 3.05) is 0 Å². The van der Waals surface area contributed by atoms with Crippen LogP contribution in [-0.4, -0.2) is 0 Å². The van der Waals surface area contributed by atoms with Crippen LogP contribution in [0.1, 0.15) is 20.8 Å². The van der Waals surface area contributed by atoms with E-state index in [1.54, 1.807) is 0 Å². The Labute approximate surface area is 57.6 Å². The number of rotatable bonds is 2. The predicted octanol–water partition coefficient (Wildman–Crippen LogP) is 3.08. The van der Waals surface area contributed by atoms with E-state index in [1.165, 1.54) is 5.57 Å². The van der Waals surface area contributed by atoms with E-state index in [9.17, 15) is 0 Å². The Morgan fingerprint density at radius 3 is 2.22 bits per heavy atom. The van der Waals surface area contributed by atoms with E-state index in [0.29, 0.717) is 0 Å². The van der Waals surface area contributed by atoms with Gasteiger partial charge < -0.3 is 0 Å². The van der Waals surface area contributed by atoms with Crippen molar-refractivity contribution in [3.8, 4) is 0 Å². The largest absolute Gasteiger partial charge is 0.0877 e. The summed E-state index contributed by atoms with van der Waals surface area (Å²) in [5.41, 5.74) is 1.30. The fourth-order valence-corrected chi connectivity index (χ4v) is 0.415. The van der Waals surface area contributed by atoms with Crippen molar-refractivity contribution < 1.29 is 0 Å². The zero-order chi connectivity index (χ0) is 7.11. The van der Waals surface area contributed by atoms with Crippen LogP contribution < -0.4 is 0 Å². The maximum Gasteiger partial charge on any atom is -0.0401 e. The van der Waals surface area contributed by atoms with Gasteiger partial charge in [-0.05, 0) is 20.8 Å². The molecule has 0 rings (SSSR count). The number of hydrogen-bond acceptors (Lipinski definition) is 0. The van der Waals surface area contributed by atoms with Crippen LogP contribution >= 0.6 is 0 Å². The molecule has 0 saturated carbocycles. The molecule has 0 aromatic rings. The minimum absolute atomic E-state index is 1.30. The smallest absolute Gasteiger partial charge is 0.0401 e. The molecule has 0 radical (unpaired) electrons. The van der Waals surface area contributed by atoms with Crippen molar-refractivity contribution in [1.29, 1.82) is 0 Å². The Balaban J connectivity index is 3.71. The molecule has 0 N–H and O–H groups in total. The molecule has 0 unspecified atom stereocenters. The molecule has 0 bridgehead atoms. The molecule has 0 aliphatic rings. The van der Waals surface area contributed by atoms with Gasteiger partial charge in [0.1, 0.15) is 0 Å². The van der Waals surface area contributed by atoms with Gasteiger partial charge in [0.2, 0.25) is 0 Å². The Hall–Kier alpha value is -0.780. The quantitative estimate of drug-likeness (QED) is 0.494. The second kappa shape index (κ2) is 5.36. The van der Waals surface area contributed by atoms with Crippen LogP contribution in [-0.2, 0) is 0 Å². The average Bonchev–Trinajstić information content (AvgIpc) is 1.89. The van der Waals surface area contributed by atoms with E-state index in [4.69, 9.17) is 0 Å². The summed E-state index contributed by atoms with van der Waals surface area (Å²) in [7, 11) is 0. The molecule has 0 heteroatoms. The highest BCUT2D eigenvalue weighted by molar-refractivity contribution is 5.18. The predicted molar refractivity (Wildman–Crippen MR) is 43.4 cm³/mol. The fraction of sp³-hybridized carbons (Fsp3) is 0.333. The first-order chi connectivity index (χ1) is 4.31. The van der Waals surface area contributed by atoms with Gasteiger partial charge in [0.25, 0.3) is 0 Å². The molecule has 0 aromatic carbocycles. The molecular formula is C9H14. The molecule has 0 fully saturated rings. The first kappa shape index (κ1) is 8.22. The van der Waals surface area contributed by atoms with Crippen LogP contribution in [0.5, 0.6) is 0 Å². The molecule has 0 atom stereocenters. The lowest BCUT2D eigenvalue weighted by Gasteiger charge is -1.82. The van der Waals surface area contributed by atoms with Crippen LogP contribution in [0.15, 0.2) is 36.0 Å². The maximum atomic E-state index is 2.08. The Bertz CT molecular complexity index is 136. The molecule has 0 aliphatic heterocycles. The van der Waals surface area contributed by atoms with Crippen molar-refractivity contribution >= 4 is 0 Å². The Morgan fingerprint density at radius 2 is 1.78 bits per heavy atom. The maximum absolute atomic E-state index is 2.08.